The lowest BCUT2D eigenvalue weighted by Gasteiger charge is -2.02. The van der Waals surface area contributed by atoms with Crippen molar-refractivity contribution < 1.29 is 14.7 Å². The van der Waals surface area contributed by atoms with Gasteiger partial charge in [-0.15, -0.1) is 0 Å². The Kier molecular flexibility index (Phi) is 2.82. The van der Waals surface area contributed by atoms with E-state index >= 15 is 0 Å². The number of anilines is 1. The Balaban J connectivity index is 2.16. The second-order valence-electron chi connectivity index (χ2n) is 3.15. The minimum atomic E-state index is -1.15. The van der Waals surface area contributed by atoms with Gasteiger partial charge in [0.1, 0.15) is 5.82 Å². The third-order valence-corrected chi connectivity index (χ3v) is 1.97. The molecule has 2 aromatic heterocycles. The highest BCUT2D eigenvalue weighted by molar-refractivity contribution is 6.03. The van der Waals surface area contributed by atoms with Crippen molar-refractivity contribution in [2.24, 2.45) is 0 Å². The molecule has 0 spiro atoms. The van der Waals surface area contributed by atoms with E-state index in [1.54, 1.807) is 0 Å². The molecule has 2 aromatic rings. The molecule has 0 aliphatic carbocycles. The lowest BCUT2D eigenvalue weighted by atomic mass is 10.3. The molecule has 0 aromatic carbocycles. The number of aromatic carboxylic acids is 1. The summed E-state index contributed by atoms with van der Waals surface area (Å²) in [7, 11) is 0. The minimum absolute atomic E-state index is 0.130. The minimum Gasteiger partial charge on any atom is -0.477 e. The molecule has 0 aliphatic rings. The summed E-state index contributed by atoms with van der Waals surface area (Å²) in [5.74, 6) is -1.38. The lowest BCUT2D eigenvalue weighted by Crippen LogP contribution is -2.13. The van der Waals surface area contributed by atoms with Crippen molar-refractivity contribution in [3.63, 3.8) is 0 Å². The number of carbonyl (C=O) groups excluding carboxylic acids is 1. The first-order chi connectivity index (χ1) is 8.16. The fraction of sp³-hybridized carbons (Fsp3) is 0. The molecule has 0 bridgehead atoms. The van der Waals surface area contributed by atoms with Crippen LogP contribution in [0.15, 0.2) is 30.6 Å². The Morgan fingerprint density at radius 2 is 2.18 bits per heavy atom. The second-order valence-corrected chi connectivity index (χ2v) is 3.15. The Hall–Kier alpha value is -2.70. The van der Waals surface area contributed by atoms with Gasteiger partial charge in [-0.25, -0.2) is 9.78 Å². The number of nitrogens with one attached hydrogen (secondary N) is 2. The smallest absolute Gasteiger partial charge is 0.354 e. The highest BCUT2D eigenvalue weighted by Gasteiger charge is 2.09. The molecule has 0 saturated carbocycles. The quantitative estimate of drug-likeness (QED) is 0.723. The standard InChI is InChI=1S/C10H8N4O3/c15-9(6-4-11-12-5-6)14-8-3-1-2-7(13-8)10(16)17/h1-5H,(H,11,12)(H,16,17)(H,13,14,15). The normalized spacial score (nSPS) is 9.88. The average molecular weight is 232 g/mol. The first-order valence-electron chi connectivity index (χ1n) is 4.67. The molecule has 0 saturated heterocycles. The van der Waals surface area contributed by atoms with E-state index in [1.165, 1.54) is 30.6 Å². The molecule has 86 valence electrons. The predicted octanol–water partition coefficient (Wildman–Crippen LogP) is 0.755. The van der Waals surface area contributed by atoms with Gasteiger partial charge in [0.2, 0.25) is 0 Å². The molecule has 1 amide bonds. The van der Waals surface area contributed by atoms with Gasteiger partial charge in [-0.3, -0.25) is 9.89 Å². The van der Waals surface area contributed by atoms with Gasteiger partial charge in [0.05, 0.1) is 11.8 Å². The third-order valence-electron chi connectivity index (χ3n) is 1.97. The first kappa shape index (κ1) is 10.8. The summed E-state index contributed by atoms with van der Waals surface area (Å²) >= 11 is 0. The van der Waals surface area contributed by atoms with Crippen LogP contribution < -0.4 is 5.32 Å². The Bertz CT molecular complexity index is 550. The van der Waals surface area contributed by atoms with Crippen molar-refractivity contribution in [2.45, 2.75) is 0 Å². The lowest BCUT2D eigenvalue weighted by molar-refractivity contribution is 0.0690. The molecule has 0 atom stereocenters. The van der Waals surface area contributed by atoms with Gasteiger partial charge in [-0.1, -0.05) is 6.07 Å². The summed E-state index contributed by atoms with van der Waals surface area (Å²) < 4.78 is 0. The van der Waals surface area contributed by atoms with Crippen LogP contribution in [0.5, 0.6) is 0 Å². The zero-order valence-corrected chi connectivity index (χ0v) is 8.54. The third kappa shape index (κ3) is 2.46. The molecule has 2 heterocycles. The maximum absolute atomic E-state index is 11.6. The fourth-order valence-electron chi connectivity index (χ4n) is 1.19. The number of rotatable bonds is 3. The van der Waals surface area contributed by atoms with Crippen LogP contribution >= 0.6 is 0 Å². The first-order valence-corrected chi connectivity index (χ1v) is 4.67. The fourth-order valence-corrected chi connectivity index (χ4v) is 1.19. The molecule has 0 unspecified atom stereocenters. The molecule has 2 rings (SSSR count). The van der Waals surface area contributed by atoms with Gasteiger partial charge in [0, 0.05) is 6.20 Å². The van der Waals surface area contributed by atoms with Gasteiger partial charge >= 0.3 is 5.97 Å². The van der Waals surface area contributed by atoms with E-state index in [0.29, 0.717) is 5.56 Å². The van der Waals surface area contributed by atoms with Crippen molar-refractivity contribution in [1.29, 1.82) is 0 Å². The summed E-state index contributed by atoms with van der Waals surface area (Å²) in [6.07, 6.45) is 2.78. The van der Waals surface area contributed by atoms with E-state index in [-0.39, 0.29) is 11.5 Å². The van der Waals surface area contributed by atoms with Crippen LogP contribution in [0.2, 0.25) is 0 Å². The number of H-pyrrole nitrogens is 1. The van der Waals surface area contributed by atoms with Crippen LogP contribution in [-0.2, 0) is 0 Å². The van der Waals surface area contributed by atoms with Crippen LogP contribution in [0, 0.1) is 0 Å². The van der Waals surface area contributed by atoms with E-state index in [2.05, 4.69) is 20.5 Å². The topological polar surface area (TPSA) is 108 Å². The zero-order valence-electron chi connectivity index (χ0n) is 8.54. The van der Waals surface area contributed by atoms with Crippen LogP contribution in [0.3, 0.4) is 0 Å². The average Bonchev–Trinajstić information content (AvgIpc) is 2.82. The summed E-state index contributed by atoms with van der Waals surface area (Å²) in [4.78, 5) is 26.0. The second kappa shape index (κ2) is 4.44. The summed E-state index contributed by atoms with van der Waals surface area (Å²) in [5, 5.41) is 17.3. The maximum atomic E-state index is 11.6. The Morgan fingerprint density at radius 1 is 1.35 bits per heavy atom. The van der Waals surface area contributed by atoms with Crippen molar-refractivity contribution in [2.75, 3.05) is 5.32 Å². The van der Waals surface area contributed by atoms with E-state index in [1.807, 2.05) is 0 Å². The van der Waals surface area contributed by atoms with Gasteiger partial charge in [-0.2, -0.15) is 5.10 Å². The number of aromatic amines is 1. The van der Waals surface area contributed by atoms with E-state index in [9.17, 15) is 9.59 Å². The molecule has 7 heteroatoms. The molecule has 17 heavy (non-hydrogen) atoms. The van der Waals surface area contributed by atoms with Gasteiger partial charge in [0.25, 0.3) is 5.91 Å². The zero-order chi connectivity index (χ0) is 12.3. The molecule has 3 N–H and O–H groups in total. The molecule has 0 fully saturated rings. The molecule has 7 nitrogen and oxygen atoms in total. The highest BCUT2D eigenvalue weighted by atomic mass is 16.4. The highest BCUT2D eigenvalue weighted by Crippen LogP contribution is 2.07. The van der Waals surface area contributed by atoms with Crippen LogP contribution in [-0.4, -0.2) is 32.2 Å². The van der Waals surface area contributed by atoms with Crippen molar-refractivity contribution >= 4 is 17.7 Å². The molecule has 0 aliphatic heterocycles. The molecular formula is C10H8N4O3. The predicted molar refractivity (Wildman–Crippen MR) is 57.7 cm³/mol. The van der Waals surface area contributed by atoms with Crippen LogP contribution in [0.25, 0.3) is 0 Å². The number of amides is 1. The number of pyridine rings is 1. The largest absolute Gasteiger partial charge is 0.477 e. The number of hydrogen-bond acceptors (Lipinski definition) is 4. The number of aromatic nitrogens is 3. The number of carboxylic acid groups (broad SMARTS) is 1. The van der Waals surface area contributed by atoms with Crippen LogP contribution in [0.1, 0.15) is 20.8 Å². The number of carbonyl (C=O) groups is 2. The van der Waals surface area contributed by atoms with Gasteiger partial charge in [0.15, 0.2) is 5.69 Å². The summed E-state index contributed by atoms with van der Waals surface area (Å²) in [6, 6.07) is 4.35. The molecule has 0 radical (unpaired) electrons. The number of hydrogen-bond donors (Lipinski definition) is 3. The summed E-state index contributed by atoms with van der Waals surface area (Å²) in [5.41, 5.74) is 0.211. The van der Waals surface area contributed by atoms with E-state index < -0.39 is 11.9 Å². The van der Waals surface area contributed by atoms with Crippen molar-refractivity contribution in [1.82, 2.24) is 15.2 Å². The monoisotopic (exact) mass is 232 g/mol. The SMILES string of the molecule is O=C(Nc1cccc(C(=O)O)n1)c1cn[nH]c1. The number of carboxylic acids is 1. The Labute approximate surface area is 95.5 Å². The van der Waals surface area contributed by atoms with Gasteiger partial charge < -0.3 is 10.4 Å². The van der Waals surface area contributed by atoms with Crippen molar-refractivity contribution in [3.05, 3.63) is 41.9 Å². The van der Waals surface area contributed by atoms with E-state index in [0.717, 1.165) is 0 Å². The summed E-state index contributed by atoms with van der Waals surface area (Å²) in [6.45, 7) is 0. The molecular weight excluding hydrogens is 224 g/mol. The van der Waals surface area contributed by atoms with E-state index in [4.69, 9.17) is 5.11 Å². The maximum Gasteiger partial charge on any atom is 0.354 e. The number of nitrogens with zero attached hydrogens (tertiary/aromatic N) is 2. The van der Waals surface area contributed by atoms with Gasteiger partial charge in [-0.05, 0) is 12.1 Å². The van der Waals surface area contributed by atoms with Crippen molar-refractivity contribution in [3.8, 4) is 0 Å². The van der Waals surface area contributed by atoms with Crippen LogP contribution in [0.4, 0.5) is 5.82 Å². The Morgan fingerprint density at radius 3 is 2.82 bits per heavy atom.